The number of nitrogens with zero attached hydrogens (tertiary/aromatic N) is 6. The first-order valence-electron chi connectivity index (χ1n) is 15.2. The number of piperazine rings is 1. The number of esters is 1. The van der Waals surface area contributed by atoms with Gasteiger partial charge < -0.3 is 31.0 Å². The lowest BCUT2D eigenvalue weighted by molar-refractivity contribution is -0.141. The summed E-state index contributed by atoms with van der Waals surface area (Å²) in [6.07, 6.45) is 0.283. The molecule has 0 saturated carbocycles. The molecule has 3 heterocycles. The van der Waals surface area contributed by atoms with E-state index in [9.17, 15) is 4.79 Å². The number of aromatic amines is 1. The highest BCUT2D eigenvalue weighted by atomic mass is 35.5. The van der Waals surface area contributed by atoms with E-state index in [0.717, 1.165) is 55.0 Å². The fraction of sp³-hybridized carbons (Fsp3) is 0.273. The number of nitrogens with one attached hydrogen (secondary N) is 5. The number of imidazole rings is 1. The van der Waals surface area contributed by atoms with Crippen LogP contribution in [0.5, 0.6) is 0 Å². The van der Waals surface area contributed by atoms with Gasteiger partial charge in [0.2, 0.25) is 17.8 Å². The number of carbonyl (C=O) groups excluding carboxylic acids is 1. The van der Waals surface area contributed by atoms with Crippen molar-refractivity contribution in [2.75, 3.05) is 49.2 Å². The molecule has 240 valence electrons. The van der Waals surface area contributed by atoms with Crippen molar-refractivity contribution >= 4 is 52.1 Å². The number of benzene rings is 3. The average Bonchev–Trinajstić information content (AvgIpc) is 3.49. The summed E-state index contributed by atoms with van der Waals surface area (Å²) in [4.78, 5) is 36.9. The molecule has 1 fully saturated rings. The van der Waals surface area contributed by atoms with Crippen LogP contribution < -0.4 is 21.3 Å². The van der Waals surface area contributed by atoms with E-state index in [-0.39, 0.29) is 24.3 Å². The number of anilines is 4. The summed E-state index contributed by atoms with van der Waals surface area (Å²) in [6, 6.07) is 21.9. The van der Waals surface area contributed by atoms with Gasteiger partial charge in [-0.2, -0.15) is 20.2 Å². The van der Waals surface area contributed by atoms with E-state index < -0.39 is 12.0 Å². The molecule has 13 nitrogen and oxygen atoms in total. The summed E-state index contributed by atoms with van der Waals surface area (Å²) in [5.41, 5.74) is 4.96. The summed E-state index contributed by atoms with van der Waals surface area (Å²) >= 11 is 6.14. The first-order valence-corrected chi connectivity index (χ1v) is 15.6. The second-order valence-electron chi connectivity index (χ2n) is 11.1. The predicted octanol–water partition coefficient (Wildman–Crippen LogP) is 4.23. The molecule has 6 rings (SSSR count). The normalized spacial score (nSPS) is 13.9. The van der Waals surface area contributed by atoms with Gasteiger partial charge >= 0.3 is 5.97 Å². The maximum absolute atomic E-state index is 12.9. The summed E-state index contributed by atoms with van der Waals surface area (Å²) in [6.45, 7) is 5.09. The van der Waals surface area contributed by atoms with Crippen molar-refractivity contribution < 1.29 is 9.53 Å². The van der Waals surface area contributed by atoms with Crippen LogP contribution in [0.1, 0.15) is 22.5 Å². The summed E-state index contributed by atoms with van der Waals surface area (Å²) < 4.78 is 5.09. The zero-order valence-corrected chi connectivity index (χ0v) is 26.5. The molecule has 1 aliphatic rings. The van der Waals surface area contributed by atoms with Crippen LogP contribution in [0.3, 0.4) is 0 Å². The van der Waals surface area contributed by atoms with E-state index in [2.05, 4.69) is 69.3 Å². The van der Waals surface area contributed by atoms with Crippen LogP contribution in [-0.4, -0.2) is 75.1 Å². The van der Waals surface area contributed by atoms with Gasteiger partial charge in [-0.05, 0) is 53.6 Å². The van der Waals surface area contributed by atoms with Gasteiger partial charge in [0.15, 0.2) is 0 Å². The Bertz CT molecular complexity index is 1880. The number of nitriles is 1. The summed E-state index contributed by atoms with van der Waals surface area (Å²) in [5.74, 6) is 0.897. The minimum Gasteiger partial charge on any atom is -0.467 e. The van der Waals surface area contributed by atoms with Gasteiger partial charge in [0.25, 0.3) is 0 Å². The first-order chi connectivity index (χ1) is 22.9. The lowest BCUT2D eigenvalue weighted by Crippen LogP contribution is -2.42. The van der Waals surface area contributed by atoms with Gasteiger partial charge in [-0.3, -0.25) is 4.90 Å². The Morgan fingerprint density at radius 3 is 2.57 bits per heavy atom. The zero-order chi connectivity index (χ0) is 32.6. The zero-order valence-electron chi connectivity index (χ0n) is 25.8. The second-order valence-corrected chi connectivity index (χ2v) is 11.5. The van der Waals surface area contributed by atoms with Gasteiger partial charge in [0.05, 0.1) is 36.3 Å². The number of fused-ring (bicyclic) bond motifs is 1. The number of halogens is 1. The molecule has 1 aliphatic heterocycles. The molecule has 14 heteroatoms. The fourth-order valence-corrected chi connectivity index (χ4v) is 5.48. The Morgan fingerprint density at radius 1 is 1.00 bits per heavy atom. The third kappa shape index (κ3) is 8.50. The second kappa shape index (κ2) is 14.9. The number of ether oxygens (including phenoxy) is 1. The minimum atomic E-state index is -0.807. The van der Waals surface area contributed by atoms with Gasteiger partial charge in [0, 0.05) is 49.9 Å². The molecule has 0 unspecified atom stereocenters. The Hall–Kier alpha value is -5.29. The Morgan fingerprint density at radius 2 is 1.79 bits per heavy atom. The molecule has 2 aromatic heterocycles. The molecule has 0 aliphatic carbocycles. The van der Waals surface area contributed by atoms with Crippen molar-refractivity contribution in [2.24, 2.45) is 0 Å². The lowest BCUT2D eigenvalue weighted by atomic mass is 10.0. The number of hydrogen-bond acceptors (Lipinski definition) is 12. The van der Waals surface area contributed by atoms with Crippen molar-refractivity contribution in [2.45, 2.75) is 25.6 Å². The molecule has 0 radical (unpaired) electrons. The third-order valence-electron chi connectivity index (χ3n) is 7.65. The number of hydrogen-bond donors (Lipinski definition) is 5. The summed E-state index contributed by atoms with van der Waals surface area (Å²) in [5, 5.41) is 22.8. The smallest absolute Gasteiger partial charge is 0.328 e. The van der Waals surface area contributed by atoms with Gasteiger partial charge in [-0.25, -0.2) is 9.78 Å². The quantitative estimate of drug-likeness (QED) is 0.122. The number of rotatable bonds is 12. The van der Waals surface area contributed by atoms with E-state index in [0.29, 0.717) is 23.0 Å². The first kappa shape index (κ1) is 31.7. The highest BCUT2D eigenvalue weighted by Crippen LogP contribution is 2.21. The highest BCUT2D eigenvalue weighted by molar-refractivity contribution is 6.31. The van der Waals surface area contributed by atoms with Crippen LogP contribution in [0.2, 0.25) is 5.02 Å². The molecular weight excluding hydrogens is 618 g/mol. The minimum absolute atomic E-state index is 0.169. The molecule has 5 aromatic rings. The van der Waals surface area contributed by atoms with Crippen LogP contribution in [0.15, 0.2) is 66.7 Å². The SMILES string of the molecule is COC(=O)[C@H](Cc1ccc(C#N)cc1)Nc1nc(NCc2nc3ccc(Cl)cc3[nH]2)nc(Nc2cccc(CN3CCNCC3)c2)n1. The van der Waals surface area contributed by atoms with E-state index in [1.54, 1.807) is 30.3 Å². The van der Waals surface area contributed by atoms with E-state index in [1.807, 2.05) is 24.3 Å². The fourth-order valence-electron chi connectivity index (χ4n) is 5.30. The van der Waals surface area contributed by atoms with Crippen molar-refractivity contribution in [3.8, 4) is 6.07 Å². The molecular formula is C33H34ClN11O2. The lowest BCUT2D eigenvalue weighted by Gasteiger charge is -2.27. The molecule has 0 bridgehead atoms. The Labute approximate surface area is 276 Å². The molecule has 1 saturated heterocycles. The monoisotopic (exact) mass is 651 g/mol. The maximum atomic E-state index is 12.9. The third-order valence-corrected chi connectivity index (χ3v) is 7.89. The van der Waals surface area contributed by atoms with E-state index in [1.165, 1.54) is 12.7 Å². The number of carbonyl (C=O) groups is 1. The van der Waals surface area contributed by atoms with Crippen molar-refractivity contribution in [1.82, 2.24) is 35.1 Å². The van der Waals surface area contributed by atoms with Crippen LogP contribution in [-0.2, 0) is 29.0 Å². The van der Waals surface area contributed by atoms with Crippen LogP contribution in [0, 0.1) is 11.3 Å². The average molecular weight is 652 g/mol. The van der Waals surface area contributed by atoms with Crippen LogP contribution in [0.4, 0.5) is 23.5 Å². The Kier molecular flexibility index (Phi) is 10.0. The maximum Gasteiger partial charge on any atom is 0.328 e. The molecule has 47 heavy (non-hydrogen) atoms. The number of methoxy groups -OCH3 is 1. The van der Waals surface area contributed by atoms with Crippen LogP contribution in [0.25, 0.3) is 11.0 Å². The van der Waals surface area contributed by atoms with Gasteiger partial charge in [-0.15, -0.1) is 0 Å². The molecule has 3 aromatic carbocycles. The molecule has 5 N–H and O–H groups in total. The van der Waals surface area contributed by atoms with Crippen molar-refractivity contribution in [3.63, 3.8) is 0 Å². The topological polar surface area (TPSA) is 169 Å². The highest BCUT2D eigenvalue weighted by Gasteiger charge is 2.22. The molecule has 0 spiro atoms. The van der Waals surface area contributed by atoms with E-state index in [4.69, 9.17) is 21.6 Å². The van der Waals surface area contributed by atoms with Crippen molar-refractivity contribution in [3.05, 3.63) is 94.3 Å². The van der Waals surface area contributed by atoms with E-state index >= 15 is 0 Å². The molecule has 1 atom stereocenters. The van der Waals surface area contributed by atoms with Gasteiger partial charge in [0.1, 0.15) is 11.9 Å². The standard InChI is InChI=1S/C33H34ClN11O2/c1-47-30(46)28(16-21-5-7-22(18-35)8-6-21)41-33-43-31(37-19-29-39-26-10-9-24(34)17-27(26)40-29)42-32(44-33)38-25-4-2-3-23(15-25)20-45-13-11-36-12-14-45/h2-10,15,17,28,36H,11-14,16,19-20H2,1H3,(H,39,40)(H3,37,38,41,42,43,44)/t28-/m0/s1. The molecule has 0 amide bonds. The predicted molar refractivity (Wildman–Crippen MR) is 180 cm³/mol. The summed E-state index contributed by atoms with van der Waals surface area (Å²) in [7, 11) is 1.33. The number of H-pyrrole nitrogens is 1. The number of aromatic nitrogens is 5. The van der Waals surface area contributed by atoms with Gasteiger partial charge in [-0.1, -0.05) is 35.9 Å². The van der Waals surface area contributed by atoms with Crippen LogP contribution >= 0.6 is 11.6 Å². The Balaban J connectivity index is 1.25. The van der Waals surface area contributed by atoms with Crippen molar-refractivity contribution in [1.29, 1.82) is 5.26 Å². The largest absolute Gasteiger partial charge is 0.467 e.